The van der Waals surface area contributed by atoms with Crippen LogP contribution in [0.1, 0.15) is 27.2 Å². The number of carbonyl (C=O) groups excluding carboxylic acids is 1. The van der Waals surface area contributed by atoms with Crippen LogP contribution < -0.4 is 15.6 Å². The number of carbonyl (C=O) groups is 1. The Morgan fingerprint density at radius 3 is 2.68 bits per heavy atom. The third-order valence-electron chi connectivity index (χ3n) is 3.81. The van der Waals surface area contributed by atoms with Gasteiger partial charge in [0.1, 0.15) is 24.0 Å². The number of amides is 1. The van der Waals surface area contributed by atoms with E-state index < -0.39 is 17.6 Å². The average molecular weight is 365 g/mol. The number of aromatic nitrogens is 1. The Kier molecular flexibility index (Phi) is 6.22. The van der Waals surface area contributed by atoms with Crippen LogP contribution in [0.5, 0.6) is 5.75 Å². The molecule has 0 spiro atoms. The molecule has 1 heterocycles. The van der Waals surface area contributed by atoms with Crippen LogP contribution in [0.15, 0.2) is 29.1 Å². The molecule has 7 heteroatoms. The molecule has 25 heavy (non-hydrogen) atoms. The fraction of sp³-hybridized carbons (Fsp3) is 0.333. The fourth-order valence-corrected chi connectivity index (χ4v) is 2.28. The van der Waals surface area contributed by atoms with Gasteiger partial charge in [-0.3, -0.25) is 9.59 Å². The molecular weight excluding hydrogens is 344 g/mol. The fourth-order valence-electron chi connectivity index (χ4n) is 2.16. The van der Waals surface area contributed by atoms with Crippen molar-refractivity contribution in [1.82, 2.24) is 10.3 Å². The van der Waals surface area contributed by atoms with E-state index in [4.69, 9.17) is 16.3 Å². The summed E-state index contributed by atoms with van der Waals surface area (Å²) in [6.45, 7) is 5.40. The molecule has 0 saturated heterocycles. The summed E-state index contributed by atoms with van der Waals surface area (Å²) >= 11 is 5.94. The van der Waals surface area contributed by atoms with Gasteiger partial charge in [0.25, 0.3) is 11.5 Å². The normalized spacial score (nSPS) is 11.9. The summed E-state index contributed by atoms with van der Waals surface area (Å²) in [6.07, 6.45) is -0.912. The Morgan fingerprint density at radius 2 is 2.00 bits per heavy atom. The van der Waals surface area contributed by atoms with E-state index in [-0.39, 0.29) is 18.7 Å². The zero-order valence-corrected chi connectivity index (χ0v) is 15.1. The number of hydrogen-bond acceptors (Lipinski definition) is 4. The molecule has 1 aromatic carbocycles. The second-order valence-corrected chi connectivity index (χ2v) is 6.31. The summed E-state index contributed by atoms with van der Waals surface area (Å²) in [4.78, 5) is 26.5. The van der Waals surface area contributed by atoms with Crippen molar-refractivity contribution in [2.45, 2.75) is 26.9 Å². The maximum absolute atomic E-state index is 12.1. The molecule has 0 saturated carbocycles. The number of halogens is 1. The molecular formula is C18H21ClN2O4. The molecule has 134 valence electrons. The Balaban J connectivity index is 1.88. The minimum Gasteiger partial charge on any atom is -0.491 e. The number of aromatic amines is 1. The molecule has 0 radical (unpaired) electrons. The van der Waals surface area contributed by atoms with Crippen molar-refractivity contribution in [3.05, 3.63) is 62.0 Å². The quantitative estimate of drug-likeness (QED) is 0.732. The van der Waals surface area contributed by atoms with E-state index in [0.717, 1.165) is 11.1 Å². The Labute approximate surface area is 150 Å². The van der Waals surface area contributed by atoms with Gasteiger partial charge in [-0.05, 0) is 56.2 Å². The van der Waals surface area contributed by atoms with E-state index in [1.54, 1.807) is 32.0 Å². The molecule has 2 aromatic rings. The van der Waals surface area contributed by atoms with Crippen molar-refractivity contribution < 1.29 is 14.6 Å². The van der Waals surface area contributed by atoms with Crippen molar-refractivity contribution in [1.29, 1.82) is 0 Å². The third-order valence-corrected chi connectivity index (χ3v) is 4.24. The van der Waals surface area contributed by atoms with Crippen LogP contribution in [0, 0.1) is 20.8 Å². The highest BCUT2D eigenvalue weighted by Gasteiger charge is 2.14. The number of aryl methyl sites for hydroxylation is 3. The summed E-state index contributed by atoms with van der Waals surface area (Å²) in [5.74, 6) is 0.0450. The maximum Gasteiger partial charge on any atom is 0.261 e. The van der Waals surface area contributed by atoms with E-state index in [9.17, 15) is 14.7 Å². The molecule has 0 aliphatic heterocycles. The lowest BCUT2D eigenvalue weighted by atomic mass is 10.1. The molecule has 0 aliphatic carbocycles. The lowest BCUT2D eigenvalue weighted by Gasteiger charge is -2.14. The van der Waals surface area contributed by atoms with Gasteiger partial charge in [-0.2, -0.15) is 0 Å². The molecule has 0 fully saturated rings. The van der Waals surface area contributed by atoms with Gasteiger partial charge in [0.15, 0.2) is 0 Å². The molecule has 0 aliphatic rings. The molecule has 1 amide bonds. The van der Waals surface area contributed by atoms with Crippen LogP contribution in [-0.4, -0.2) is 35.3 Å². The topological polar surface area (TPSA) is 91.4 Å². The van der Waals surface area contributed by atoms with Gasteiger partial charge in [-0.25, -0.2) is 0 Å². The zero-order chi connectivity index (χ0) is 18.6. The van der Waals surface area contributed by atoms with Gasteiger partial charge in [0, 0.05) is 17.3 Å². The van der Waals surface area contributed by atoms with Crippen molar-refractivity contribution in [3.63, 3.8) is 0 Å². The van der Waals surface area contributed by atoms with Crippen LogP contribution in [0.3, 0.4) is 0 Å². The minimum atomic E-state index is -0.912. The molecule has 2 rings (SSSR count). The van der Waals surface area contributed by atoms with Crippen LogP contribution in [0.2, 0.25) is 5.02 Å². The monoisotopic (exact) mass is 364 g/mol. The van der Waals surface area contributed by atoms with E-state index in [2.05, 4.69) is 10.3 Å². The van der Waals surface area contributed by atoms with E-state index >= 15 is 0 Å². The van der Waals surface area contributed by atoms with Gasteiger partial charge < -0.3 is 20.1 Å². The van der Waals surface area contributed by atoms with Crippen LogP contribution >= 0.6 is 11.6 Å². The number of aliphatic hydroxyl groups excluding tert-OH is 1. The number of H-pyrrole nitrogens is 1. The number of hydrogen-bond donors (Lipinski definition) is 3. The number of ether oxygens (including phenoxy) is 1. The number of nitrogens with one attached hydrogen (secondary N) is 2. The SMILES string of the molecule is Cc1cc(OCC(O)CNC(=O)c2cc(C)c(C)[nH]c2=O)ccc1Cl. The van der Waals surface area contributed by atoms with E-state index in [0.29, 0.717) is 16.5 Å². The summed E-state index contributed by atoms with van der Waals surface area (Å²) in [6, 6.07) is 6.72. The van der Waals surface area contributed by atoms with Gasteiger partial charge in [0.2, 0.25) is 0 Å². The molecule has 1 aromatic heterocycles. The first kappa shape index (κ1) is 19.0. The second kappa shape index (κ2) is 8.18. The highest BCUT2D eigenvalue weighted by Crippen LogP contribution is 2.21. The van der Waals surface area contributed by atoms with Gasteiger partial charge in [-0.15, -0.1) is 0 Å². The number of benzene rings is 1. The van der Waals surface area contributed by atoms with Crippen LogP contribution in [0.25, 0.3) is 0 Å². The second-order valence-electron chi connectivity index (χ2n) is 5.91. The first-order valence-corrected chi connectivity index (χ1v) is 8.21. The Bertz CT molecular complexity index is 832. The summed E-state index contributed by atoms with van der Waals surface area (Å²) in [5.41, 5.74) is 1.96. The van der Waals surface area contributed by atoms with E-state index in [1.807, 2.05) is 6.92 Å². The predicted octanol–water partition coefficient (Wildman–Crippen LogP) is 2.12. The Morgan fingerprint density at radius 1 is 1.28 bits per heavy atom. The molecule has 1 unspecified atom stereocenters. The van der Waals surface area contributed by atoms with Crippen molar-refractivity contribution in [2.24, 2.45) is 0 Å². The van der Waals surface area contributed by atoms with Crippen molar-refractivity contribution in [3.8, 4) is 5.75 Å². The minimum absolute atomic E-state index is 0.00460. The van der Waals surface area contributed by atoms with Gasteiger partial charge in [-0.1, -0.05) is 11.6 Å². The summed E-state index contributed by atoms with van der Waals surface area (Å²) in [7, 11) is 0. The van der Waals surface area contributed by atoms with Crippen molar-refractivity contribution >= 4 is 17.5 Å². The van der Waals surface area contributed by atoms with Crippen LogP contribution in [-0.2, 0) is 0 Å². The Hall–Kier alpha value is -2.31. The standard InChI is InChI=1S/C18H21ClN2O4/c1-10-7-15(18(24)21-12(10)3)17(23)20-8-13(22)9-25-14-4-5-16(19)11(2)6-14/h4-7,13,22H,8-9H2,1-3H3,(H,20,23)(H,21,24). The van der Waals surface area contributed by atoms with E-state index in [1.165, 1.54) is 6.07 Å². The average Bonchev–Trinajstić information content (AvgIpc) is 2.57. The summed E-state index contributed by atoms with van der Waals surface area (Å²) < 4.78 is 5.47. The van der Waals surface area contributed by atoms with Gasteiger partial charge in [0.05, 0.1) is 0 Å². The van der Waals surface area contributed by atoms with Gasteiger partial charge >= 0.3 is 0 Å². The lowest BCUT2D eigenvalue weighted by molar-refractivity contribution is 0.0842. The smallest absolute Gasteiger partial charge is 0.261 e. The molecule has 6 nitrogen and oxygen atoms in total. The number of pyridine rings is 1. The molecule has 0 bridgehead atoms. The predicted molar refractivity (Wildman–Crippen MR) is 96.6 cm³/mol. The first-order chi connectivity index (χ1) is 11.8. The third kappa shape index (κ3) is 5.08. The van der Waals surface area contributed by atoms with Crippen molar-refractivity contribution in [2.75, 3.05) is 13.2 Å². The zero-order valence-electron chi connectivity index (χ0n) is 14.4. The number of aliphatic hydroxyl groups is 1. The highest BCUT2D eigenvalue weighted by molar-refractivity contribution is 6.31. The lowest BCUT2D eigenvalue weighted by Crippen LogP contribution is -2.37. The molecule has 1 atom stereocenters. The summed E-state index contributed by atoms with van der Waals surface area (Å²) in [5, 5.41) is 13.1. The van der Waals surface area contributed by atoms with Crippen LogP contribution in [0.4, 0.5) is 0 Å². The highest BCUT2D eigenvalue weighted by atomic mass is 35.5. The maximum atomic E-state index is 12.1. The molecule has 3 N–H and O–H groups in total. The largest absolute Gasteiger partial charge is 0.491 e. The first-order valence-electron chi connectivity index (χ1n) is 7.83. The number of rotatable bonds is 6.